The zero-order valence-electron chi connectivity index (χ0n) is 77.2. The van der Waals surface area contributed by atoms with E-state index in [4.69, 9.17) is 37.0 Å². The number of carbonyl (C=O) groups is 8. The third-order valence-corrected chi connectivity index (χ3v) is 22.7. The monoisotopic (exact) mass is 1760 g/mol. The molecule has 0 aromatic rings. The van der Waals surface area contributed by atoms with E-state index in [1.807, 2.05) is 0 Å². The molecule has 4 N–H and O–H groups in total. The minimum Gasteiger partial charge on any atom is -0.756 e. The maximum absolute atomic E-state index is 13.2. The first kappa shape index (κ1) is 122. The molecule has 6 unspecified atom stereocenters. The maximum Gasteiger partial charge on any atom is 1.00 e. The van der Waals surface area contributed by atoms with Crippen molar-refractivity contribution < 1.29 is 153 Å². The molecular weight excluding hydrogens is 1590 g/mol. The summed E-state index contributed by atoms with van der Waals surface area (Å²) in [5.41, 5.74) is 0. The van der Waals surface area contributed by atoms with Crippen molar-refractivity contribution in [3.63, 3.8) is 0 Å². The van der Waals surface area contributed by atoms with Crippen LogP contribution >= 0.6 is 15.6 Å². The summed E-state index contributed by atoms with van der Waals surface area (Å²) in [4.78, 5) is 130. The number of esters is 2. The molecular formula is C92H170N4Na2O20P2. The molecule has 0 saturated heterocycles. The second kappa shape index (κ2) is 90.1. The topological polar surface area (TPSA) is 339 Å². The Labute approximate surface area is 772 Å². The molecule has 4 amide bonds. The number of carbonyl (C=O) groups excluding carboxylic acids is 8. The fourth-order valence-electron chi connectivity index (χ4n) is 13.6. The SMILES string of the molecule is CCCCCC/C=C\CCCC(=O)OC(CCCCCCC)CCOCC(COP(=O)([O-])OCCNC(=O)CCCCCCCCC(=O)NCCOP(=O)([O-])OCC(COCCC(CCCCCCC)OC(=O)CCC/C=C\CCCCCC)NC(=O)CC(=O)CCCCCCCCCCC)NC(=O)CC(=O)CCCCCCCCCCC.[Na+].[Na+]. The Morgan fingerprint density at radius 3 is 0.892 bits per heavy atom. The molecule has 690 valence electrons. The van der Waals surface area contributed by atoms with Crippen molar-refractivity contribution in [2.45, 2.75) is 451 Å². The fraction of sp³-hybridized carbons (Fsp3) is 0.870. The van der Waals surface area contributed by atoms with Gasteiger partial charge < -0.3 is 68.1 Å². The van der Waals surface area contributed by atoms with Crippen LogP contribution in [0.25, 0.3) is 0 Å². The van der Waals surface area contributed by atoms with Crippen LogP contribution in [0, 0.1) is 0 Å². The first-order valence-electron chi connectivity index (χ1n) is 47.4. The van der Waals surface area contributed by atoms with Crippen molar-refractivity contribution in [1.29, 1.82) is 0 Å². The predicted octanol–water partition coefficient (Wildman–Crippen LogP) is 14.8. The van der Waals surface area contributed by atoms with Gasteiger partial charge >= 0.3 is 71.1 Å². The van der Waals surface area contributed by atoms with Gasteiger partial charge in [0.25, 0.3) is 15.6 Å². The van der Waals surface area contributed by atoms with E-state index >= 15 is 0 Å². The van der Waals surface area contributed by atoms with Crippen molar-refractivity contribution in [3.8, 4) is 0 Å². The van der Waals surface area contributed by atoms with Gasteiger partial charge in [-0.3, -0.25) is 47.5 Å². The summed E-state index contributed by atoms with van der Waals surface area (Å²) in [5.74, 6) is -2.68. The largest absolute Gasteiger partial charge is 1.00 e. The summed E-state index contributed by atoms with van der Waals surface area (Å²) >= 11 is 0. The summed E-state index contributed by atoms with van der Waals surface area (Å²) in [6.07, 6.45) is 60.0. The van der Waals surface area contributed by atoms with Crippen molar-refractivity contribution in [2.24, 2.45) is 0 Å². The van der Waals surface area contributed by atoms with Gasteiger partial charge in [0.05, 0.1) is 77.8 Å². The molecule has 0 aliphatic rings. The van der Waals surface area contributed by atoms with Crippen LogP contribution in [0.1, 0.15) is 427 Å². The number of nitrogens with one attached hydrogen (secondary N) is 4. The number of hydrogen-bond acceptors (Lipinski definition) is 20. The predicted molar refractivity (Wildman–Crippen MR) is 470 cm³/mol. The first-order valence-corrected chi connectivity index (χ1v) is 50.3. The van der Waals surface area contributed by atoms with E-state index in [1.165, 1.54) is 116 Å². The van der Waals surface area contributed by atoms with Crippen LogP contribution in [0.2, 0.25) is 0 Å². The summed E-state index contributed by atoms with van der Waals surface area (Å²) in [5, 5.41) is 10.8. The van der Waals surface area contributed by atoms with Crippen LogP contribution < -0.4 is 90.2 Å². The smallest absolute Gasteiger partial charge is 0.756 e. The molecule has 6 atom stereocenters. The van der Waals surface area contributed by atoms with Crippen molar-refractivity contribution in [1.82, 2.24) is 21.3 Å². The Morgan fingerprint density at radius 2 is 0.575 bits per heavy atom. The van der Waals surface area contributed by atoms with Gasteiger partial charge in [-0.05, 0) is 103 Å². The molecule has 0 aliphatic carbocycles. The van der Waals surface area contributed by atoms with Gasteiger partial charge in [0, 0.05) is 64.5 Å². The number of amides is 4. The molecule has 28 heteroatoms. The molecule has 0 rings (SSSR count). The minimum absolute atomic E-state index is 0. The fourth-order valence-corrected chi connectivity index (χ4v) is 15.1. The van der Waals surface area contributed by atoms with E-state index in [0.717, 1.165) is 154 Å². The summed E-state index contributed by atoms with van der Waals surface area (Å²) in [6, 6.07) is -1.94. The third-order valence-electron chi connectivity index (χ3n) is 20.8. The van der Waals surface area contributed by atoms with Gasteiger partial charge in [0.15, 0.2) is 0 Å². The van der Waals surface area contributed by atoms with Gasteiger partial charge in [-0.25, -0.2) is 0 Å². The number of allylic oxidation sites excluding steroid dienone is 4. The standard InChI is InChI=1S/C92H172N4O20P2.2Na/c1-7-13-19-25-29-33-37-45-51-59-83(97)75-89(101)95-81(77-109-71-67-85(61-53-43-23-17-11-5)115-91(103)65-57-49-39-35-31-27-21-15-9-3)79-113-117(105,106)111-73-69-93-87(99)63-55-47-41-42-48-56-64-88(100)94-70-74-112-118(107,108)114-80-82(96-90(102)76-84(98)60-52-46-38-34-30-26-20-14-8-2)78-110-72-68-86(62-54-44-24-18-12-6)116-92(104)66-58-50-40-36-32-28-22-16-10-4;;/h35-36,39-40,81-82,85-86H,7-34,37-38,41-80H2,1-6H3,(H,93,99)(H,94,100)(H,95,101)(H,96,102)(H,105,106)(H,107,108);;/q;2*+1/p-2/b39-35-,40-36-;;. The summed E-state index contributed by atoms with van der Waals surface area (Å²) < 4.78 is 70.5. The molecule has 0 spiro atoms. The van der Waals surface area contributed by atoms with Crippen LogP contribution in [0.5, 0.6) is 0 Å². The molecule has 24 nitrogen and oxygen atoms in total. The Kier molecular flexibility index (Phi) is 91.6. The van der Waals surface area contributed by atoms with E-state index in [0.29, 0.717) is 77.0 Å². The second-order valence-corrected chi connectivity index (χ2v) is 35.2. The van der Waals surface area contributed by atoms with Gasteiger partial charge in [0.1, 0.15) is 23.8 Å². The van der Waals surface area contributed by atoms with Crippen LogP contribution in [-0.2, 0) is 84.5 Å². The number of Topliss-reactive ketones (excluding diaryl/α,β-unsaturated/α-hetero) is 2. The van der Waals surface area contributed by atoms with Crippen LogP contribution in [0.4, 0.5) is 0 Å². The summed E-state index contributed by atoms with van der Waals surface area (Å²) in [6.45, 7) is 11.0. The first-order chi connectivity index (χ1) is 57.2. The maximum atomic E-state index is 13.2. The number of ether oxygens (including phenoxy) is 4. The molecule has 0 heterocycles. The Balaban J connectivity index is -0.0000684. The molecule has 0 aromatic carbocycles. The average molecular weight is 1760 g/mol. The molecule has 120 heavy (non-hydrogen) atoms. The van der Waals surface area contributed by atoms with Gasteiger partial charge in [-0.1, -0.05) is 284 Å². The molecule has 0 aromatic heterocycles. The van der Waals surface area contributed by atoms with Gasteiger partial charge in [-0.2, -0.15) is 0 Å². The Hall–Kier alpha value is -2.22. The van der Waals surface area contributed by atoms with Crippen LogP contribution in [0.3, 0.4) is 0 Å². The number of phosphoric acid groups is 2. The van der Waals surface area contributed by atoms with E-state index < -0.39 is 66.0 Å². The number of phosphoric ester groups is 2. The van der Waals surface area contributed by atoms with Crippen LogP contribution in [0.15, 0.2) is 24.3 Å². The normalized spacial score (nSPS) is 13.5. The van der Waals surface area contributed by atoms with Crippen molar-refractivity contribution in [2.75, 3.05) is 65.9 Å². The molecule has 0 saturated carbocycles. The van der Waals surface area contributed by atoms with Crippen LogP contribution in [-0.4, -0.2) is 137 Å². The molecule has 0 aliphatic heterocycles. The number of ketones is 2. The minimum atomic E-state index is -4.94. The van der Waals surface area contributed by atoms with E-state index in [9.17, 15) is 57.3 Å². The van der Waals surface area contributed by atoms with E-state index in [2.05, 4.69) is 87.1 Å². The van der Waals surface area contributed by atoms with Gasteiger partial charge in [-0.15, -0.1) is 0 Å². The van der Waals surface area contributed by atoms with E-state index in [1.54, 1.807) is 0 Å². The number of rotatable bonds is 91. The third kappa shape index (κ3) is 86.5. The average Bonchev–Trinajstić information content (AvgIpc) is 0.908. The quantitative estimate of drug-likeness (QED) is 0.0110. The molecule has 0 bridgehead atoms. The van der Waals surface area contributed by atoms with E-state index in [-0.39, 0.29) is 185 Å². The van der Waals surface area contributed by atoms with Gasteiger partial charge in [0.2, 0.25) is 23.6 Å². The zero-order chi connectivity index (χ0) is 86.7. The molecule has 0 radical (unpaired) electrons. The Morgan fingerprint density at radius 1 is 0.300 bits per heavy atom. The summed E-state index contributed by atoms with van der Waals surface area (Å²) in [7, 11) is -9.88. The van der Waals surface area contributed by atoms with Crippen molar-refractivity contribution in [3.05, 3.63) is 24.3 Å². The second-order valence-electron chi connectivity index (χ2n) is 32.4. The zero-order valence-corrected chi connectivity index (χ0v) is 83.0. The number of hydrogen-bond donors (Lipinski definition) is 4. The van der Waals surface area contributed by atoms with Crippen molar-refractivity contribution >= 4 is 62.8 Å². The number of unbranched alkanes of at least 4 members (excludes halogenated alkanes) is 39. The Bertz CT molecular complexity index is 2460. The molecule has 0 fully saturated rings.